The maximum Gasteiger partial charge on any atom is 0.154 e. The Morgan fingerprint density at radius 2 is 1.62 bits per heavy atom. The first-order valence-corrected chi connectivity index (χ1v) is 6.89. The highest BCUT2D eigenvalue weighted by atomic mass is 16.6. The fourth-order valence-electron chi connectivity index (χ4n) is 1.76. The highest BCUT2D eigenvalue weighted by molar-refractivity contribution is 4.54. The zero-order valence-electron chi connectivity index (χ0n) is 11.5. The van der Waals surface area contributed by atoms with Crippen LogP contribution >= 0.6 is 0 Å². The molecule has 2 nitrogen and oxygen atoms in total. The smallest absolute Gasteiger partial charge is 0.154 e. The van der Waals surface area contributed by atoms with E-state index in [1.807, 2.05) is 0 Å². The Hall–Kier alpha value is -0.0800. The molecule has 0 radical (unpaired) electrons. The van der Waals surface area contributed by atoms with Gasteiger partial charge in [0.1, 0.15) is 0 Å². The Morgan fingerprint density at radius 3 is 2.19 bits per heavy atom. The van der Waals surface area contributed by atoms with Crippen molar-refractivity contribution in [2.24, 2.45) is 11.8 Å². The van der Waals surface area contributed by atoms with Crippen LogP contribution < -0.4 is 0 Å². The summed E-state index contributed by atoms with van der Waals surface area (Å²) in [5.74, 6) is 1.41. The van der Waals surface area contributed by atoms with E-state index in [1.54, 1.807) is 0 Å². The zero-order valence-corrected chi connectivity index (χ0v) is 11.5. The molecule has 0 fully saturated rings. The number of ether oxygens (including phenoxy) is 1. The van der Waals surface area contributed by atoms with E-state index in [4.69, 9.17) is 4.74 Å². The lowest BCUT2D eigenvalue weighted by molar-refractivity contribution is -0.108. The zero-order chi connectivity index (χ0) is 12.4. The van der Waals surface area contributed by atoms with E-state index in [0.717, 1.165) is 19.3 Å². The molecule has 0 heterocycles. The second-order valence-electron chi connectivity index (χ2n) is 5.10. The molecule has 3 atom stereocenters. The standard InChI is InChI=1S/C14H30O2/c1-5-7-13(4)10-11-16-14(15)9-8-12(3)6-2/h12-15H,5-11H2,1-4H3. The predicted molar refractivity (Wildman–Crippen MR) is 69.3 cm³/mol. The third-order valence-corrected chi connectivity index (χ3v) is 3.31. The number of rotatable bonds is 10. The minimum Gasteiger partial charge on any atom is -0.368 e. The summed E-state index contributed by atoms with van der Waals surface area (Å²) in [7, 11) is 0. The van der Waals surface area contributed by atoms with E-state index in [0.29, 0.717) is 18.4 Å². The molecule has 0 saturated carbocycles. The van der Waals surface area contributed by atoms with Crippen LogP contribution in [0.3, 0.4) is 0 Å². The van der Waals surface area contributed by atoms with Gasteiger partial charge in [0.25, 0.3) is 0 Å². The summed E-state index contributed by atoms with van der Waals surface area (Å²) in [5.41, 5.74) is 0. The van der Waals surface area contributed by atoms with Crippen LogP contribution in [0.4, 0.5) is 0 Å². The first kappa shape index (κ1) is 15.9. The number of aliphatic hydroxyl groups excluding tert-OH is 1. The Labute approximate surface area is 101 Å². The molecule has 0 aliphatic heterocycles. The molecule has 0 aliphatic rings. The molecule has 0 aromatic carbocycles. The van der Waals surface area contributed by atoms with Crippen molar-refractivity contribution < 1.29 is 9.84 Å². The summed E-state index contributed by atoms with van der Waals surface area (Å²) in [4.78, 5) is 0. The van der Waals surface area contributed by atoms with Crippen molar-refractivity contribution in [1.82, 2.24) is 0 Å². The van der Waals surface area contributed by atoms with Gasteiger partial charge in [0.05, 0.1) is 0 Å². The summed E-state index contributed by atoms with van der Waals surface area (Å²) in [5, 5.41) is 9.61. The van der Waals surface area contributed by atoms with Crippen LogP contribution in [0.15, 0.2) is 0 Å². The Kier molecular flexibility index (Phi) is 10.0. The first-order valence-electron chi connectivity index (χ1n) is 6.89. The number of hydrogen-bond donors (Lipinski definition) is 1. The molecule has 3 unspecified atom stereocenters. The second-order valence-corrected chi connectivity index (χ2v) is 5.10. The van der Waals surface area contributed by atoms with Crippen molar-refractivity contribution in [2.75, 3.05) is 6.61 Å². The van der Waals surface area contributed by atoms with E-state index in [-0.39, 0.29) is 0 Å². The van der Waals surface area contributed by atoms with Gasteiger partial charge in [-0.25, -0.2) is 0 Å². The van der Waals surface area contributed by atoms with Crippen molar-refractivity contribution >= 4 is 0 Å². The molecule has 0 amide bonds. The van der Waals surface area contributed by atoms with Crippen LogP contribution in [0.25, 0.3) is 0 Å². The van der Waals surface area contributed by atoms with E-state index < -0.39 is 6.29 Å². The van der Waals surface area contributed by atoms with E-state index in [2.05, 4.69) is 27.7 Å². The third kappa shape index (κ3) is 9.17. The topological polar surface area (TPSA) is 29.5 Å². The largest absolute Gasteiger partial charge is 0.368 e. The lowest BCUT2D eigenvalue weighted by Crippen LogP contribution is -2.15. The minimum absolute atomic E-state index is 0.553. The van der Waals surface area contributed by atoms with Gasteiger partial charge in [0, 0.05) is 6.61 Å². The lowest BCUT2D eigenvalue weighted by atomic mass is 10.0. The SMILES string of the molecule is CCCC(C)CCOC(O)CCC(C)CC. The second kappa shape index (κ2) is 10.1. The van der Waals surface area contributed by atoms with Crippen LogP contribution in [0.1, 0.15) is 66.2 Å². The summed E-state index contributed by atoms with van der Waals surface area (Å²) >= 11 is 0. The van der Waals surface area contributed by atoms with Crippen molar-refractivity contribution in [3.8, 4) is 0 Å². The van der Waals surface area contributed by atoms with Gasteiger partial charge in [-0.15, -0.1) is 0 Å². The summed E-state index contributed by atoms with van der Waals surface area (Å²) in [6.07, 6.45) is 6.01. The van der Waals surface area contributed by atoms with Gasteiger partial charge in [-0.3, -0.25) is 0 Å². The molecule has 98 valence electrons. The van der Waals surface area contributed by atoms with Crippen molar-refractivity contribution in [1.29, 1.82) is 0 Å². The van der Waals surface area contributed by atoms with Crippen molar-refractivity contribution in [3.05, 3.63) is 0 Å². The van der Waals surface area contributed by atoms with Gasteiger partial charge in [-0.05, 0) is 31.1 Å². The third-order valence-electron chi connectivity index (χ3n) is 3.31. The maximum atomic E-state index is 9.61. The Bertz CT molecular complexity index is 148. The van der Waals surface area contributed by atoms with Gasteiger partial charge in [-0.1, -0.05) is 47.0 Å². The summed E-state index contributed by atoms with van der Waals surface area (Å²) < 4.78 is 5.41. The Morgan fingerprint density at radius 1 is 0.938 bits per heavy atom. The molecule has 0 bridgehead atoms. The fraction of sp³-hybridized carbons (Fsp3) is 1.00. The lowest BCUT2D eigenvalue weighted by Gasteiger charge is -2.16. The van der Waals surface area contributed by atoms with Gasteiger partial charge < -0.3 is 9.84 Å². The first-order chi connectivity index (χ1) is 7.60. The van der Waals surface area contributed by atoms with Gasteiger partial charge in [-0.2, -0.15) is 0 Å². The van der Waals surface area contributed by atoms with Crippen LogP contribution in [0, 0.1) is 11.8 Å². The molecule has 0 rings (SSSR count). The quantitative estimate of drug-likeness (QED) is 0.575. The monoisotopic (exact) mass is 230 g/mol. The average Bonchev–Trinajstić information content (AvgIpc) is 2.26. The molecule has 0 aromatic rings. The minimum atomic E-state index is -0.553. The van der Waals surface area contributed by atoms with Crippen LogP contribution in [0.2, 0.25) is 0 Å². The van der Waals surface area contributed by atoms with E-state index in [1.165, 1.54) is 19.3 Å². The molecule has 0 spiro atoms. The molecular weight excluding hydrogens is 200 g/mol. The molecule has 0 aliphatic carbocycles. The van der Waals surface area contributed by atoms with Gasteiger partial charge in [0.15, 0.2) is 6.29 Å². The van der Waals surface area contributed by atoms with Gasteiger partial charge in [0.2, 0.25) is 0 Å². The van der Waals surface area contributed by atoms with Crippen molar-refractivity contribution in [2.45, 2.75) is 72.5 Å². The highest BCUT2D eigenvalue weighted by Gasteiger charge is 2.08. The fourth-order valence-corrected chi connectivity index (χ4v) is 1.76. The van der Waals surface area contributed by atoms with E-state index in [9.17, 15) is 5.11 Å². The van der Waals surface area contributed by atoms with E-state index >= 15 is 0 Å². The molecule has 0 aromatic heterocycles. The Balaban J connectivity index is 3.39. The van der Waals surface area contributed by atoms with Crippen LogP contribution in [-0.4, -0.2) is 18.0 Å². The average molecular weight is 230 g/mol. The molecule has 16 heavy (non-hydrogen) atoms. The summed E-state index contributed by atoms with van der Waals surface area (Å²) in [6.45, 7) is 9.56. The van der Waals surface area contributed by atoms with Gasteiger partial charge >= 0.3 is 0 Å². The highest BCUT2D eigenvalue weighted by Crippen LogP contribution is 2.13. The summed E-state index contributed by atoms with van der Waals surface area (Å²) in [6, 6.07) is 0. The van der Waals surface area contributed by atoms with Crippen LogP contribution in [-0.2, 0) is 4.74 Å². The molecule has 2 heteroatoms. The molecule has 1 N–H and O–H groups in total. The van der Waals surface area contributed by atoms with Crippen LogP contribution in [0.5, 0.6) is 0 Å². The molecule has 0 saturated heterocycles. The van der Waals surface area contributed by atoms with Crippen molar-refractivity contribution in [3.63, 3.8) is 0 Å². The maximum absolute atomic E-state index is 9.61. The predicted octanol–water partition coefficient (Wildman–Crippen LogP) is 3.97. The number of aliphatic hydroxyl groups is 1. The normalized spacial score (nSPS) is 17.1. The molecular formula is C14H30O2. The number of hydrogen-bond acceptors (Lipinski definition) is 2.